The molecule has 0 unspecified atom stereocenters. The molecule has 1 aliphatic rings. The molecule has 0 bridgehead atoms. The van der Waals surface area contributed by atoms with E-state index in [0.29, 0.717) is 42.0 Å². The molecule has 0 aliphatic carbocycles. The molecule has 0 radical (unpaired) electrons. The maximum Gasteiger partial charge on any atom is 0.410 e. The van der Waals surface area contributed by atoms with Gasteiger partial charge in [-0.25, -0.2) is 14.5 Å². The molecule has 9 nitrogen and oxygen atoms in total. The van der Waals surface area contributed by atoms with Crippen molar-refractivity contribution < 1.29 is 14.3 Å². The smallest absolute Gasteiger partial charge is 0.410 e. The first-order valence-electron chi connectivity index (χ1n) is 11.3. The molecule has 10 heteroatoms. The second-order valence-corrected chi connectivity index (χ2v) is 10.9. The van der Waals surface area contributed by atoms with Crippen molar-refractivity contribution >= 4 is 39.2 Å². The molecule has 1 N–H and O–H groups in total. The van der Waals surface area contributed by atoms with Gasteiger partial charge in [0.15, 0.2) is 10.8 Å². The minimum atomic E-state index is -0.563. The highest BCUT2D eigenvalue weighted by Gasteiger charge is 2.28. The fourth-order valence-corrected chi connectivity index (χ4v) is 4.78. The van der Waals surface area contributed by atoms with E-state index >= 15 is 0 Å². The summed E-state index contributed by atoms with van der Waals surface area (Å²) < 4.78 is 6.83. The maximum atomic E-state index is 13.2. The summed E-state index contributed by atoms with van der Waals surface area (Å²) in [6.07, 6.45) is 0.224. The number of hydrogen-bond donors (Lipinski definition) is 1. The van der Waals surface area contributed by atoms with Gasteiger partial charge < -0.3 is 9.64 Å². The molecule has 0 fully saturated rings. The van der Waals surface area contributed by atoms with E-state index in [2.05, 4.69) is 15.4 Å². The fraction of sp³-hybridized carbons (Fsp3) is 0.458. The van der Waals surface area contributed by atoms with Gasteiger partial charge in [-0.1, -0.05) is 43.4 Å². The molecule has 0 spiro atoms. The van der Waals surface area contributed by atoms with Crippen molar-refractivity contribution in [2.45, 2.75) is 59.7 Å². The van der Waals surface area contributed by atoms with Crippen LogP contribution in [0.3, 0.4) is 0 Å². The highest BCUT2D eigenvalue weighted by molar-refractivity contribution is 7.15. The van der Waals surface area contributed by atoms with Crippen molar-refractivity contribution in [2.24, 2.45) is 5.92 Å². The van der Waals surface area contributed by atoms with Gasteiger partial charge in [0.05, 0.1) is 17.6 Å². The number of rotatable bonds is 4. The third-order valence-corrected chi connectivity index (χ3v) is 6.22. The molecule has 0 saturated carbocycles. The molecular weight excluding hydrogens is 454 g/mol. The molecule has 1 aromatic carbocycles. The molecule has 1 aliphatic heterocycles. The van der Waals surface area contributed by atoms with E-state index in [1.165, 1.54) is 16.0 Å². The van der Waals surface area contributed by atoms with Crippen LogP contribution in [0.15, 0.2) is 29.1 Å². The number of aromatic nitrogens is 3. The fourth-order valence-electron chi connectivity index (χ4n) is 3.76. The summed E-state index contributed by atoms with van der Waals surface area (Å²) in [5.41, 5.74) is 0.265. The second kappa shape index (κ2) is 9.17. The minimum Gasteiger partial charge on any atom is -0.444 e. The molecule has 3 aromatic rings. The van der Waals surface area contributed by atoms with Gasteiger partial charge in [-0.3, -0.25) is 14.9 Å². The van der Waals surface area contributed by atoms with Crippen LogP contribution < -0.4 is 10.9 Å². The Bertz CT molecular complexity index is 1300. The van der Waals surface area contributed by atoms with Crippen molar-refractivity contribution in [3.05, 3.63) is 50.9 Å². The minimum absolute atomic E-state index is 0.180. The Kier molecular flexibility index (Phi) is 6.44. The SMILES string of the molecule is CC(C)Cn1nc(C(=O)Nc2nc3c(s2)CN(C(=O)OC(C)(C)C)CC3)c2ccccc2c1=O. The first-order chi connectivity index (χ1) is 16.0. The lowest BCUT2D eigenvalue weighted by Gasteiger charge is -2.29. The average molecular weight is 484 g/mol. The summed E-state index contributed by atoms with van der Waals surface area (Å²) in [6, 6.07) is 6.99. The Morgan fingerprint density at radius 1 is 1.21 bits per heavy atom. The number of hydrogen-bond acceptors (Lipinski definition) is 7. The van der Waals surface area contributed by atoms with Crippen molar-refractivity contribution in [1.82, 2.24) is 19.7 Å². The lowest BCUT2D eigenvalue weighted by Crippen LogP contribution is -2.39. The van der Waals surface area contributed by atoms with Crippen LogP contribution in [0.2, 0.25) is 0 Å². The number of carbonyl (C=O) groups is 2. The zero-order chi connectivity index (χ0) is 24.6. The number of anilines is 1. The Hall–Kier alpha value is -3.27. The molecule has 4 rings (SSSR count). The molecule has 180 valence electrons. The first-order valence-corrected chi connectivity index (χ1v) is 12.1. The van der Waals surface area contributed by atoms with Gasteiger partial charge >= 0.3 is 6.09 Å². The quantitative estimate of drug-likeness (QED) is 0.600. The van der Waals surface area contributed by atoms with E-state index in [4.69, 9.17) is 4.74 Å². The van der Waals surface area contributed by atoms with Crippen LogP contribution in [0, 0.1) is 5.92 Å². The monoisotopic (exact) mass is 483 g/mol. The molecule has 3 heterocycles. The van der Waals surface area contributed by atoms with Crippen LogP contribution in [0.1, 0.15) is 55.7 Å². The molecule has 34 heavy (non-hydrogen) atoms. The zero-order valence-corrected chi connectivity index (χ0v) is 20.9. The van der Waals surface area contributed by atoms with Crippen LogP contribution in [0.25, 0.3) is 10.8 Å². The lowest BCUT2D eigenvalue weighted by molar-refractivity contribution is 0.0225. The van der Waals surface area contributed by atoms with Crippen molar-refractivity contribution in [3.63, 3.8) is 0 Å². The topological polar surface area (TPSA) is 106 Å². The molecular formula is C24H29N5O4S. The molecule has 2 amide bonds. The molecule has 2 aromatic heterocycles. The first kappa shape index (κ1) is 23.9. The normalized spacial score (nSPS) is 13.8. The number of nitrogens with zero attached hydrogens (tertiary/aromatic N) is 4. The lowest BCUT2D eigenvalue weighted by atomic mass is 10.1. The zero-order valence-electron chi connectivity index (χ0n) is 20.0. The summed E-state index contributed by atoms with van der Waals surface area (Å²) >= 11 is 1.33. The van der Waals surface area contributed by atoms with Crippen molar-refractivity contribution in [2.75, 3.05) is 11.9 Å². The largest absolute Gasteiger partial charge is 0.444 e. The predicted molar refractivity (Wildman–Crippen MR) is 131 cm³/mol. The van der Waals surface area contributed by atoms with Gasteiger partial charge in [0.2, 0.25) is 0 Å². The summed E-state index contributed by atoms with van der Waals surface area (Å²) in [5, 5.41) is 8.63. The molecule has 0 atom stereocenters. The van der Waals surface area contributed by atoms with Gasteiger partial charge in [0.1, 0.15) is 5.60 Å². The summed E-state index contributed by atoms with van der Waals surface area (Å²) in [6.45, 7) is 10.8. The van der Waals surface area contributed by atoms with Gasteiger partial charge in [-0.2, -0.15) is 5.10 Å². The van der Waals surface area contributed by atoms with E-state index in [-0.39, 0.29) is 23.3 Å². The van der Waals surface area contributed by atoms with Crippen LogP contribution >= 0.6 is 11.3 Å². The number of fused-ring (bicyclic) bond motifs is 2. The summed E-state index contributed by atoms with van der Waals surface area (Å²) in [4.78, 5) is 45.6. The standard InChI is InChI=1S/C24H29N5O4S/c1-14(2)12-29-21(31)16-9-7-6-8-15(16)19(27-29)20(30)26-22-25-17-10-11-28(13-18(17)34-22)23(32)33-24(3,4)5/h6-9,14H,10-13H2,1-5H3,(H,25,26,30). The van der Waals surface area contributed by atoms with E-state index in [0.717, 1.165) is 10.6 Å². The highest BCUT2D eigenvalue weighted by Crippen LogP contribution is 2.29. The number of nitrogens with one attached hydrogen (secondary N) is 1. The average Bonchev–Trinajstić information content (AvgIpc) is 3.15. The Labute approximate surface area is 201 Å². The van der Waals surface area contributed by atoms with E-state index in [9.17, 15) is 14.4 Å². The number of thiazole rings is 1. The van der Waals surface area contributed by atoms with Gasteiger partial charge in [-0.05, 0) is 32.8 Å². The van der Waals surface area contributed by atoms with Crippen LogP contribution in [-0.4, -0.2) is 43.8 Å². The van der Waals surface area contributed by atoms with Crippen LogP contribution in [0.5, 0.6) is 0 Å². The Balaban J connectivity index is 1.58. The third kappa shape index (κ3) is 5.11. The maximum absolute atomic E-state index is 13.2. The van der Waals surface area contributed by atoms with Crippen molar-refractivity contribution in [3.8, 4) is 0 Å². The number of benzene rings is 1. The van der Waals surface area contributed by atoms with E-state index in [1.54, 1.807) is 29.2 Å². The van der Waals surface area contributed by atoms with Crippen LogP contribution in [-0.2, 0) is 24.2 Å². The third-order valence-electron chi connectivity index (χ3n) is 5.22. The molecule has 0 saturated heterocycles. The van der Waals surface area contributed by atoms with Crippen molar-refractivity contribution in [1.29, 1.82) is 0 Å². The number of amides is 2. The number of ether oxygens (including phenoxy) is 1. The van der Waals surface area contributed by atoms with E-state index < -0.39 is 11.5 Å². The highest BCUT2D eigenvalue weighted by atomic mass is 32.1. The summed E-state index contributed by atoms with van der Waals surface area (Å²) in [7, 11) is 0. The van der Waals surface area contributed by atoms with Gasteiger partial charge in [-0.15, -0.1) is 0 Å². The summed E-state index contributed by atoms with van der Waals surface area (Å²) in [5.74, 6) is -0.232. The number of carbonyl (C=O) groups excluding carboxylic acids is 2. The predicted octanol–water partition coefficient (Wildman–Crippen LogP) is 4.05. The van der Waals surface area contributed by atoms with Gasteiger partial charge in [0, 0.05) is 29.8 Å². The second-order valence-electron chi connectivity index (χ2n) is 9.77. The van der Waals surface area contributed by atoms with Crippen LogP contribution in [0.4, 0.5) is 9.93 Å². The van der Waals surface area contributed by atoms with Gasteiger partial charge in [0.25, 0.3) is 11.5 Å². The van der Waals surface area contributed by atoms with E-state index in [1.807, 2.05) is 34.6 Å². The Morgan fingerprint density at radius 3 is 2.59 bits per heavy atom. The Morgan fingerprint density at radius 2 is 1.91 bits per heavy atom.